The van der Waals surface area contributed by atoms with Gasteiger partial charge in [0.25, 0.3) is 0 Å². The minimum atomic E-state index is 0.0655. The summed E-state index contributed by atoms with van der Waals surface area (Å²) in [6.07, 6.45) is 7.57. The van der Waals surface area contributed by atoms with Crippen LogP contribution in [0.1, 0.15) is 44.2 Å². The van der Waals surface area contributed by atoms with Gasteiger partial charge in [-0.3, -0.25) is 4.90 Å². The summed E-state index contributed by atoms with van der Waals surface area (Å²) < 4.78 is 0. The summed E-state index contributed by atoms with van der Waals surface area (Å²) in [5.41, 5.74) is 6.98. The Morgan fingerprint density at radius 2 is 1.85 bits per heavy atom. The second-order valence-electron chi connectivity index (χ2n) is 6.20. The van der Waals surface area contributed by atoms with Crippen molar-refractivity contribution in [2.45, 2.75) is 44.7 Å². The van der Waals surface area contributed by atoms with Crippen molar-refractivity contribution in [1.29, 1.82) is 0 Å². The van der Waals surface area contributed by atoms with E-state index in [0.717, 1.165) is 30.5 Å². The Balaban J connectivity index is 1.57. The average molecular weight is 274 g/mol. The predicted octanol–water partition coefficient (Wildman–Crippen LogP) is 2.17. The Morgan fingerprint density at radius 3 is 2.40 bits per heavy atom. The molecule has 1 atom stereocenters. The summed E-state index contributed by atoms with van der Waals surface area (Å²) in [6, 6.07) is 5.14. The molecule has 1 saturated heterocycles. The van der Waals surface area contributed by atoms with Crippen LogP contribution < -0.4 is 10.6 Å². The number of rotatable bonds is 3. The number of aromatic nitrogens is 1. The van der Waals surface area contributed by atoms with Gasteiger partial charge in [-0.2, -0.15) is 0 Å². The van der Waals surface area contributed by atoms with E-state index in [0.29, 0.717) is 0 Å². The van der Waals surface area contributed by atoms with Crippen molar-refractivity contribution in [3.05, 3.63) is 23.9 Å². The molecular weight excluding hydrogens is 248 g/mol. The van der Waals surface area contributed by atoms with Crippen molar-refractivity contribution in [3.8, 4) is 0 Å². The van der Waals surface area contributed by atoms with E-state index in [1.807, 2.05) is 13.1 Å². The first kappa shape index (κ1) is 13.8. The number of hydrogen-bond donors (Lipinski definition) is 1. The Bertz CT molecular complexity index is 415. The molecule has 1 saturated carbocycles. The van der Waals surface area contributed by atoms with Crippen LogP contribution in [-0.2, 0) is 0 Å². The Labute approximate surface area is 122 Å². The fraction of sp³-hybridized carbons (Fsp3) is 0.688. The molecule has 2 N–H and O–H groups in total. The van der Waals surface area contributed by atoms with Crippen LogP contribution in [0.3, 0.4) is 0 Å². The molecule has 2 heterocycles. The van der Waals surface area contributed by atoms with E-state index < -0.39 is 0 Å². The molecule has 0 radical (unpaired) electrons. The van der Waals surface area contributed by atoms with Crippen LogP contribution in [0.4, 0.5) is 5.82 Å². The zero-order valence-corrected chi connectivity index (χ0v) is 12.5. The number of nitrogens with zero attached hydrogens (tertiary/aromatic N) is 3. The zero-order chi connectivity index (χ0) is 13.9. The van der Waals surface area contributed by atoms with Gasteiger partial charge in [0.2, 0.25) is 0 Å². The van der Waals surface area contributed by atoms with Gasteiger partial charge >= 0.3 is 0 Å². The SMILES string of the molecule is C[C@H](N)c1ccc(N2CCN(C3CCCC3)CC2)nc1. The molecule has 1 aromatic heterocycles. The quantitative estimate of drug-likeness (QED) is 0.917. The molecule has 0 bridgehead atoms. The maximum atomic E-state index is 5.87. The molecule has 0 aromatic carbocycles. The van der Waals surface area contributed by atoms with Crippen molar-refractivity contribution in [2.24, 2.45) is 5.73 Å². The molecule has 3 rings (SSSR count). The van der Waals surface area contributed by atoms with Crippen LogP contribution in [0.2, 0.25) is 0 Å². The lowest BCUT2D eigenvalue weighted by Crippen LogP contribution is -2.50. The maximum Gasteiger partial charge on any atom is 0.128 e. The van der Waals surface area contributed by atoms with Gasteiger partial charge < -0.3 is 10.6 Å². The van der Waals surface area contributed by atoms with Gasteiger partial charge in [0, 0.05) is 44.5 Å². The van der Waals surface area contributed by atoms with Crippen LogP contribution in [0.25, 0.3) is 0 Å². The molecule has 4 heteroatoms. The number of hydrogen-bond acceptors (Lipinski definition) is 4. The predicted molar refractivity (Wildman–Crippen MR) is 82.9 cm³/mol. The normalized spacial score (nSPS) is 23.2. The Hall–Kier alpha value is -1.13. The summed E-state index contributed by atoms with van der Waals surface area (Å²) in [5, 5.41) is 0. The molecule has 2 fully saturated rings. The maximum absolute atomic E-state index is 5.87. The van der Waals surface area contributed by atoms with E-state index in [-0.39, 0.29) is 6.04 Å². The third-order valence-corrected chi connectivity index (χ3v) is 4.78. The minimum absolute atomic E-state index is 0.0655. The van der Waals surface area contributed by atoms with E-state index in [1.165, 1.54) is 38.8 Å². The first-order chi connectivity index (χ1) is 9.74. The van der Waals surface area contributed by atoms with Crippen molar-refractivity contribution in [1.82, 2.24) is 9.88 Å². The minimum Gasteiger partial charge on any atom is -0.354 e. The van der Waals surface area contributed by atoms with Crippen LogP contribution in [0.15, 0.2) is 18.3 Å². The molecule has 0 amide bonds. The van der Waals surface area contributed by atoms with Gasteiger partial charge in [-0.15, -0.1) is 0 Å². The summed E-state index contributed by atoms with van der Waals surface area (Å²) in [5.74, 6) is 1.10. The summed E-state index contributed by atoms with van der Waals surface area (Å²) in [6.45, 7) is 6.56. The van der Waals surface area contributed by atoms with Crippen molar-refractivity contribution in [2.75, 3.05) is 31.1 Å². The van der Waals surface area contributed by atoms with Crippen LogP contribution >= 0.6 is 0 Å². The lowest BCUT2D eigenvalue weighted by atomic mass is 10.1. The van der Waals surface area contributed by atoms with Crippen molar-refractivity contribution in [3.63, 3.8) is 0 Å². The number of pyridine rings is 1. The summed E-state index contributed by atoms with van der Waals surface area (Å²) >= 11 is 0. The van der Waals surface area contributed by atoms with Crippen LogP contribution in [-0.4, -0.2) is 42.1 Å². The number of anilines is 1. The number of piperazine rings is 1. The first-order valence-corrected chi connectivity index (χ1v) is 7.94. The van der Waals surface area contributed by atoms with E-state index in [1.54, 1.807) is 0 Å². The van der Waals surface area contributed by atoms with Crippen molar-refractivity contribution >= 4 is 5.82 Å². The monoisotopic (exact) mass is 274 g/mol. The zero-order valence-electron chi connectivity index (χ0n) is 12.5. The van der Waals surface area contributed by atoms with Crippen LogP contribution in [0, 0.1) is 0 Å². The molecule has 110 valence electrons. The lowest BCUT2D eigenvalue weighted by molar-refractivity contribution is 0.187. The van der Waals surface area contributed by atoms with Gasteiger partial charge in [-0.25, -0.2) is 4.98 Å². The molecule has 2 aliphatic rings. The standard InChI is InChI=1S/C16H26N4/c1-13(17)14-6-7-16(18-12-14)20-10-8-19(9-11-20)15-4-2-3-5-15/h6-7,12-13,15H,2-5,8-11,17H2,1H3/t13-/m0/s1. The van der Waals surface area contributed by atoms with E-state index in [9.17, 15) is 0 Å². The highest BCUT2D eigenvalue weighted by Gasteiger charge is 2.26. The Kier molecular flexibility index (Phi) is 4.22. The molecule has 4 nitrogen and oxygen atoms in total. The fourth-order valence-corrected chi connectivity index (χ4v) is 3.44. The van der Waals surface area contributed by atoms with Gasteiger partial charge in [0.1, 0.15) is 5.82 Å². The molecule has 1 aliphatic heterocycles. The molecule has 1 aromatic rings. The molecule has 20 heavy (non-hydrogen) atoms. The van der Waals surface area contributed by atoms with Gasteiger partial charge in [-0.05, 0) is 31.4 Å². The second kappa shape index (κ2) is 6.10. The van der Waals surface area contributed by atoms with Gasteiger partial charge in [0.05, 0.1) is 0 Å². The topological polar surface area (TPSA) is 45.4 Å². The van der Waals surface area contributed by atoms with Crippen molar-refractivity contribution < 1.29 is 0 Å². The smallest absolute Gasteiger partial charge is 0.128 e. The molecule has 1 aliphatic carbocycles. The number of nitrogens with two attached hydrogens (primary N) is 1. The van der Waals surface area contributed by atoms with Crippen LogP contribution in [0.5, 0.6) is 0 Å². The highest BCUT2D eigenvalue weighted by molar-refractivity contribution is 5.40. The molecule has 0 spiro atoms. The molecule has 0 unspecified atom stereocenters. The fourth-order valence-electron chi connectivity index (χ4n) is 3.44. The van der Waals surface area contributed by atoms with E-state index in [2.05, 4.69) is 26.9 Å². The third-order valence-electron chi connectivity index (χ3n) is 4.78. The average Bonchev–Trinajstić information content (AvgIpc) is 3.02. The van der Waals surface area contributed by atoms with E-state index >= 15 is 0 Å². The highest BCUT2D eigenvalue weighted by Crippen LogP contribution is 2.25. The highest BCUT2D eigenvalue weighted by atomic mass is 15.3. The third kappa shape index (κ3) is 2.96. The second-order valence-corrected chi connectivity index (χ2v) is 6.20. The van der Waals surface area contributed by atoms with E-state index in [4.69, 9.17) is 5.73 Å². The molecular formula is C16H26N4. The Morgan fingerprint density at radius 1 is 1.15 bits per heavy atom. The summed E-state index contributed by atoms with van der Waals surface area (Å²) in [7, 11) is 0. The van der Waals surface area contributed by atoms with Gasteiger partial charge in [-0.1, -0.05) is 18.9 Å². The first-order valence-electron chi connectivity index (χ1n) is 7.94. The summed E-state index contributed by atoms with van der Waals surface area (Å²) in [4.78, 5) is 9.65. The largest absolute Gasteiger partial charge is 0.354 e. The lowest BCUT2D eigenvalue weighted by Gasteiger charge is -2.38. The van der Waals surface area contributed by atoms with Gasteiger partial charge in [0.15, 0.2) is 0 Å².